The van der Waals surface area contributed by atoms with Crippen molar-refractivity contribution in [3.63, 3.8) is 0 Å². The van der Waals surface area contributed by atoms with Gasteiger partial charge >= 0.3 is 5.97 Å². The van der Waals surface area contributed by atoms with E-state index in [0.29, 0.717) is 17.7 Å². The second-order valence-electron chi connectivity index (χ2n) is 3.58. The number of halogens is 2. The third-order valence-electron chi connectivity index (χ3n) is 2.44. The lowest BCUT2D eigenvalue weighted by Crippen LogP contribution is -2.01. The average molecular weight is 244 g/mol. The summed E-state index contributed by atoms with van der Waals surface area (Å²) in [5, 5.41) is 8.52. The normalized spacial score (nSPS) is 10.6. The Balaban J connectivity index is 2.89. The van der Waals surface area contributed by atoms with Crippen molar-refractivity contribution >= 4 is 5.97 Å². The fraction of sp³-hybridized carbons (Fsp3) is 0.417. The lowest BCUT2D eigenvalue weighted by molar-refractivity contribution is -0.137. The highest BCUT2D eigenvalue weighted by atomic mass is 19.3. The first-order valence-corrected chi connectivity index (χ1v) is 5.22. The number of hydrogen-bond donors (Lipinski definition) is 1. The Morgan fingerprint density at radius 1 is 1.47 bits per heavy atom. The molecule has 0 fully saturated rings. The molecule has 0 aliphatic carbocycles. The number of hydrogen-bond acceptors (Lipinski definition) is 2. The lowest BCUT2D eigenvalue weighted by atomic mass is 10.0. The van der Waals surface area contributed by atoms with Crippen molar-refractivity contribution in [1.82, 2.24) is 0 Å². The Morgan fingerprint density at radius 2 is 2.18 bits per heavy atom. The van der Waals surface area contributed by atoms with Gasteiger partial charge in [0.05, 0.1) is 7.11 Å². The monoisotopic (exact) mass is 244 g/mol. The van der Waals surface area contributed by atoms with Crippen molar-refractivity contribution in [2.24, 2.45) is 0 Å². The molecule has 0 unspecified atom stereocenters. The van der Waals surface area contributed by atoms with Crippen molar-refractivity contribution in [1.29, 1.82) is 0 Å². The van der Waals surface area contributed by atoms with E-state index in [1.165, 1.54) is 19.2 Å². The van der Waals surface area contributed by atoms with Crippen LogP contribution in [-0.4, -0.2) is 18.2 Å². The summed E-state index contributed by atoms with van der Waals surface area (Å²) in [5.74, 6) is -0.549. The SMILES string of the molecule is COc1cccc(C(F)F)c1CCCC(=O)O. The molecule has 94 valence electrons. The molecule has 0 radical (unpaired) electrons. The zero-order valence-electron chi connectivity index (χ0n) is 9.45. The molecule has 1 rings (SSSR count). The number of rotatable bonds is 6. The number of aliphatic carboxylic acids is 1. The van der Waals surface area contributed by atoms with Gasteiger partial charge in [-0.1, -0.05) is 12.1 Å². The molecular weight excluding hydrogens is 230 g/mol. The number of carboxylic acid groups (broad SMARTS) is 1. The Morgan fingerprint density at radius 3 is 2.71 bits per heavy atom. The van der Waals surface area contributed by atoms with Crippen LogP contribution in [0, 0.1) is 0 Å². The highest BCUT2D eigenvalue weighted by molar-refractivity contribution is 5.66. The molecule has 0 spiro atoms. The second kappa shape index (κ2) is 6.18. The minimum atomic E-state index is -2.58. The van der Waals surface area contributed by atoms with Crippen LogP contribution in [0.15, 0.2) is 18.2 Å². The maximum Gasteiger partial charge on any atom is 0.303 e. The van der Waals surface area contributed by atoms with E-state index in [1.54, 1.807) is 6.07 Å². The van der Waals surface area contributed by atoms with E-state index in [-0.39, 0.29) is 18.4 Å². The summed E-state index contributed by atoms with van der Waals surface area (Å²) in [4.78, 5) is 10.4. The first-order valence-electron chi connectivity index (χ1n) is 5.22. The molecule has 0 aromatic heterocycles. The summed E-state index contributed by atoms with van der Waals surface area (Å²) in [6, 6.07) is 4.44. The van der Waals surface area contributed by atoms with E-state index in [1.807, 2.05) is 0 Å². The standard InChI is InChI=1S/C12H14F2O3/c1-17-10-6-2-5-9(12(13)14)8(10)4-3-7-11(15)16/h2,5-6,12H,3-4,7H2,1H3,(H,15,16). The van der Waals surface area contributed by atoms with Gasteiger partial charge in [0.2, 0.25) is 0 Å². The van der Waals surface area contributed by atoms with Crippen LogP contribution in [0.4, 0.5) is 8.78 Å². The van der Waals surface area contributed by atoms with E-state index in [0.717, 1.165) is 0 Å². The predicted octanol–water partition coefficient (Wildman–Crippen LogP) is 3.04. The molecule has 0 saturated carbocycles. The van der Waals surface area contributed by atoms with Crippen molar-refractivity contribution < 1.29 is 23.4 Å². The van der Waals surface area contributed by atoms with Crippen LogP contribution < -0.4 is 4.74 Å². The number of ether oxygens (including phenoxy) is 1. The smallest absolute Gasteiger partial charge is 0.303 e. The molecule has 1 aromatic rings. The van der Waals surface area contributed by atoms with E-state index in [2.05, 4.69) is 0 Å². The molecule has 5 heteroatoms. The lowest BCUT2D eigenvalue weighted by Gasteiger charge is -2.12. The number of carbonyl (C=O) groups is 1. The quantitative estimate of drug-likeness (QED) is 0.836. The molecule has 17 heavy (non-hydrogen) atoms. The minimum absolute atomic E-state index is 0.0409. The predicted molar refractivity (Wildman–Crippen MR) is 58.5 cm³/mol. The molecule has 0 aliphatic heterocycles. The zero-order valence-corrected chi connectivity index (χ0v) is 9.45. The van der Waals surface area contributed by atoms with Gasteiger partial charge in [-0.05, 0) is 18.9 Å². The number of methoxy groups -OCH3 is 1. The summed E-state index contributed by atoms with van der Waals surface area (Å²) >= 11 is 0. The largest absolute Gasteiger partial charge is 0.496 e. The van der Waals surface area contributed by atoms with E-state index >= 15 is 0 Å². The molecule has 1 aromatic carbocycles. The molecule has 0 saturated heterocycles. The fourth-order valence-electron chi connectivity index (χ4n) is 1.66. The van der Waals surface area contributed by atoms with Gasteiger partial charge in [0.15, 0.2) is 0 Å². The van der Waals surface area contributed by atoms with Crippen molar-refractivity contribution in [3.05, 3.63) is 29.3 Å². The minimum Gasteiger partial charge on any atom is -0.496 e. The van der Waals surface area contributed by atoms with Gasteiger partial charge in [-0.25, -0.2) is 8.78 Å². The van der Waals surface area contributed by atoms with Crippen LogP contribution >= 0.6 is 0 Å². The van der Waals surface area contributed by atoms with E-state index in [4.69, 9.17) is 9.84 Å². The highest BCUT2D eigenvalue weighted by Crippen LogP contribution is 2.30. The van der Waals surface area contributed by atoms with Gasteiger partial charge in [0.25, 0.3) is 6.43 Å². The van der Waals surface area contributed by atoms with E-state index < -0.39 is 12.4 Å². The Bertz CT molecular complexity index is 391. The highest BCUT2D eigenvalue weighted by Gasteiger charge is 2.16. The molecule has 0 heterocycles. The summed E-state index contributed by atoms with van der Waals surface area (Å²) in [6.45, 7) is 0. The maximum atomic E-state index is 12.8. The molecule has 0 bridgehead atoms. The second-order valence-corrected chi connectivity index (χ2v) is 3.58. The summed E-state index contributed by atoms with van der Waals surface area (Å²) < 4.78 is 30.5. The van der Waals surface area contributed by atoms with Crippen LogP contribution in [0.5, 0.6) is 5.75 Å². The van der Waals surface area contributed by atoms with E-state index in [9.17, 15) is 13.6 Å². The number of benzene rings is 1. The van der Waals surface area contributed by atoms with Crippen molar-refractivity contribution in [3.8, 4) is 5.75 Å². The molecule has 0 aliphatic rings. The summed E-state index contributed by atoms with van der Waals surface area (Å²) in [5.41, 5.74) is 0.306. The van der Waals surface area contributed by atoms with Crippen LogP contribution in [0.3, 0.4) is 0 Å². The first-order chi connectivity index (χ1) is 8.06. The number of alkyl halides is 2. The van der Waals surface area contributed by atoms with Crippen LogP contribution in [0.1, 0.15) is 30.4 Å². The van der Waals surface area contributed by atoms with Gasteiger partial charge in [0.1, 0.15) is 5.75 Å². The van der Waals surface area contributed by atoms with Crippen LogP contribution in [0.25, 0.3) is 0 Å². The Kier molecular flexibility index (Phi) is 4.87. The zero-order chi connectivity index (χ0) is 12.8. The van der Waals surface area contributed by atoms with Crippen LogP contribution in [-0.2, 0) is 11.2 Å². The summed E-state index contributed by atoms with van der Waals surface area (Å²) in [6.07, 6.45) is -2.03. The van der Waals surface area contributed by atoms with Gasteiger partial charge in [-0.3, -0.25) is 4.79 Å². The third kappa shape index (κ3) is 3.69. The third-order valence-corrected chi connectivity index (χ3v) is 2.44. The Hall–Kier alpha value is -1.65. The van der Waals surface area contributed by atoms with Crippen LogP contribution in [0.2, 0.25) is 0 Å². The molecular formula is C12H14F2O3. The van der Waals surface area contributed by atoms with Gasteiger partial charge in [-0.2, -0.15) is 0 Å². The molecule has 0 amide bonds. The topological polar surface area (TPSA) is 46.5 Å². The van der Waals surface area contributed by atoms with Gasteiger partial charge < -0.3 is 9.84 Å². The first kappa shape index (κ1) is 13.4. The van der Waals surface area contributed by atoms with Crippen molar-refractivity contribution in [2.45, 2.75) is 25.7 Å². The number of carboxylic acids is 1. The average Bonchev–Trinajstić information content (AvgIpc) is 2.28. The van der Waals surface area contributed by atoms with Crippen molar-refractivity contribution in [2.75, 3.05) is 7.11 Å². The fourth-order valence-corrected chi connectivity index (χ4v) is 1.66. The summed E-state index contributed by atoms with van der Waals surface area (Å²) in [7, 11) is 1.41. The van der Waals surface area contributed by atoms with Gasteiger partial charge in [0, 0.05) is 17.5 Å². The molecule has 0 atom stereocenters. The van der Waals surface area contributed by atoms with Gasteiger partial charge in [-0.15, -0.1) is 0 Å². The Labute approximate surface area is 98.0 Å². The molecule has 3 nitrogen and oxygen atoms in total. The maximum absolute atomic E-state index is 12.8. The molecule has 1 N–H and O–H groups in total.